The first-order valence-electron chi connectivity index (χ1n) is 6.22. The minimum Gasteiger partial charge on any atom is -0.399 e. The summed E-state index contributed by atoms with van der Waals surface area (Å²) >= 11 is 0. The maximum atomic E-state index is 5.80. The van der Waals surface area contributed by atoms with Gasteiger partial charge in [-0.3, -0.25) is 0 Å². The molecule has 0 amide bonds. The topological polar surface area (TPSA) is 29.3 Å². The van der Waals surface area contributed by atoms with Crippen molar-refractivity contribution in [1.82, 2.24) is 0 Å². The van der Waals surface area contributed by atoms with E-state index in [4.69, 9.17) is 5.73 Å². The Balaban J connectivity index is 2.29. The normalized spacial score (nSPS) is 25.8. The molecule has 0 aromatic heterocycles. The molecule has 1 aliphatic rings. The summed E-state index contributed by atoms with van der Waals surface area (Å²) in [6, 6.07) is 6.88. The standard InChI is InChI=1S/C14H22N2/c1-10-5-4-8-16(12(10)3)14-7-6-13(15)9-11(14)2/h6-7,9-10,12H,4-5,8,15H2,1-3H3. The molecule has 2 heteroatoms. The molecule has 0 spiro atoms. The first kappa shape index (κ1) is 11.3. The molecule has 1 heterocycles. The highest BCUT2D eigenvalue weighted by molar-refractivity contribution is 5.59. The Hall–Kier alpha value is -1.18. The molecule has 2 N–H and O–H groups in total. The van der Waals surface area contributed by atoms with Crippen LogP contribution >= 0.6 is 0 Å². The fourth-order valence-corrected chi connectivity index (χ4v) is 2.68. The van der Waals surface area contributed by atoms with Gasteiger partial charge in [0.2, 0.25) is 0 Å². The second-order valence-electron chi connectivity index (χ2n) is 5.10. The van der Waals surface area contributed by atoms with Crippen molar-refractivity contribution in [3.63, 3.8) is 0 Å². The Morgan fingerprint density at radius 1 is 1.31 bits per heavy atom. The van der Waals surface area contributed by atoms with Gasteiger partial charge < -0.3 is 10.6 Å². The predicted molar refractivity (Wildman–Crippen MR) is 70.8 cm³/mol. The van der Waals surface area contributed by atoms with Crippen LogP contribution in [0.3, 0.4) is 0 Å². The molecule has 2 unspecified atom stereocenters. The highest BCUT2D eigenvalue weighted by atomic mass is 15.2. The summed E-state index contributed by atoms with van der Waals surface area (Å²) in [6.07, 6.45) is 2.65. The number of nitrogen functional groups attached to an aromatic ring is 1. The number of hydrogen-bond donors (Lipinski definition) is 1. The van der Waals surface area contributed by atoms with Gasteiger partial charge in [0, 0.05) is 24.0 Å². The molecule has 1 aromatic rings. The molecule has 1 saturated heterocycles. The van der Waals surface area contributed by atoms with Crippen molar-refractivity contribution in [2.75, 3.05) is 17.2 Å². The third-order valence-corrected chi connectivity index (χ3v) is 3.90. The largest absolute Gasteiger partial charge is 0.399 e. The van der Waals surface area contributed by atoms with E-state index in [0.29, 0.717) is 6.04 Å². The van der Waals surface area contributed by atoms with Crippen LogP contribution in [0.4, 0.5) is 11.4 Å². The van der Waals surface area contributed by atoms with Crippen LogP contribution in [0.1, 0.15) is 32.3 Å². The number of anilines is 2. The van der Waals surface area contributed by atoms with Crippen LogP contribution in [-0.4, -0.2) is 12.6 Å². The number of nitrogens with two attached hydrogens (primary N) is 1. The second kappa shape index (κ2) is 4.36. The number of benzene rings is 1. The van der Waals surface area contributed by atoms with Gasteiger partial charge in [0.1, 0.15) is 0 Å². The Bertz CT molecular complexity index is 373. The molecule has 1 fully saturated rings. The Morgan fingerprint density at radius 3 is 2.75 bits per heavy atom. The molecule has 0 aliphatic carbocycles. The zero-order valence-electron chi connectivity index (χ0n) is 10.5. The summed E-state index contributed by atoms with van der Waals surface area (Å²) < 4.78 is 0. The van der Waals surface area contributed by atoms with Gasteiger partial charge in [-0.2, -0.15) is 0 Å². The van der Waals surface area contributed by atoms with E-state index in [-0.39, 0.29) is 0 Å². The molecule has 2 atom stereocenters. The molecule has 1 aliphatic heterocycles. The third-order valence-electron chi connectivity index (χ3n) is 3.90. The quantitative estimate of drug-likeness (QED) is 0.733. The van der Waals surface area contributed by atoms with Crippen molar-refractivity contribution >= 4 is 11.4 Å². The van der Waals surface area contributed by atoms with Crippen molar-refractivity contribution in [2.45, 2.75) is 39.7 Å². The average molecular weight is 218 g/mol. The predicted octanol–water partition coefficient (Wildman–Crippen LogP) is 3.20. The first-order valence-corrected chi connectivity index (χ1v) is 6.22. The van der Waals surface area contributed by atoms with Crippen molar-refractivity contribution in [2.24, 2.45) is 5.92 Å². The van der Waals surface area contributed by atoms with Gasteiger partial charge in [0.05, 0.1) is 0 Å². The summed E-state index contributed by atoms with van der Waals surface area (Å²) in [5.41, 5.74) is 9.31. The monoisotopic (exact) mass is 218 g/mol. The molecule has 0 saturated carbocycles. The van der Waals surface area contributed by atoms with E-state index in [1.807, 2.05) is 6.07 Å². The van der Waals surface area contributed by atoms with Gasteiger partial charge in [0.15, 0.2) is 0 Å². The SMILES string of the molecule is Cc1cc(N)ccc1N1CCCC(C)C1C. The molecular weight excluding hydrogens is 196 g/mol. The smallest absolute Gasteiger partial charge is 0.0399 e. The number of piperidine rings is 1. The van der Waals surface area contributed by atoms with E-state index >= 15 is 0 Å². The van der Waals surface area contributed by atoms with E-state index in [1.165, 1.54) is 30.6 Å². The molecule has 2 rings (SSSR count). The van der Waals surface area contributed by atoms with E-state index in [1.54, 1.807) is 0 Å². The van der Waals surface area contributed by atoms with Crippen LogP contribution < -0.4 is 10.6 Å². The van der Waals surface area contributed by atoms with Gasteiger partial charge in [-0.25, -0.2) is 0 Å². The molecular formula is C14H22N2. The van der Waals surface area contributed by atoms with E-state index in [0.717, 1.165) is 11.6 Å². The lowest BCUT2D eigenvalue weighted by Crippen LogP contribution is -2.42. The Labute approximate surface area is 98.4 Å². The third kappa shape index (κ3) is 2.01. The molecule has 88 valence electrons. The van der Waals surface area contributed by atoms with Crippen molar-refractivity contribution in [3.8, 4) is 0 Å². The molecule has 16 heavy (non-hydrogen) atoms. The molecule has 2 nitrogen and oxygen atoms in total. The van der Waals surface area contributed by atoms with Gasteiger partial charge in [-0.1, -0.05) is 6.92 Å². The summed E-state index contributed by atoms with van der Waals surface area (Å²) in [4.78, 5) is 2.53. The first-order chi connectivity index (χ1) is 7.59. The van der Waals surface area contributed by atoms with Crippen molar-refractivity contribution < 1.29 is 0 Å². The van der Waals surface area contributed by atoms with Crippen LogP contribution in [0.2, 0.25) is 0 Å². The van der Waals surface area contributed by atoms with Crippen LogP contribution in [-0.2, 0) is 0 Å². The average Bonchev–Trinajstić information content (AvgIpc) is 2.23. The van der Waals surface area contributed by atoms with Crippen LogP contribution in [0, 0.1) is 12.8 Å². The van der Waals surface area contributed by atoms with Gasteiger partial charge in [-0.05, 0) is 56.4 Å². The van der Waals surface area contributed by atoms with Crippen LogP contribution in [0.5, 0.6) is 0 Å². The molecule has 1 aromatic carbocycles. The minimum absolute atomic E-state index is 0.635. The lowest BCUT2D eigenvalue weighted by Gasteiger charge is -2.40. The van der Waals surface area contributed by atoms with Gasteiger partial charge in [0.25, 0.3) is 0 Å². The van der Waals surface area contributed by atoms with Crippen molar-refractivity contribution in [3.05, 3.63) is 23.8 Å². The van der Waals surface area contributed by atoms with Gasteiger partial charge in [-0.15, -0.1) is 0 Å². The highest BCUT2D eigenvalue weighted by Gasteiger charge is 2.25. The number of hydrogen-bond acceptors (Lipinski definition) is 2. The maximum Gasteiger partial charge on any atom is 0.0399 e. The zero-order chi connectivity index (χ0) is 11.7. The lowest BCUT2D eigenvalue weighted by molar-refractivity contribution is 0.363. The summed E-state index contributed by atoms with van der Waals surface area (Å²) in [5.74, 6) is 0.783. The van der Waals surface area contributed by atoms with E-state index < -0.39 is 0 Å². The van der Waals surface area contributed by atoms with E-state index in [2.05, 4.69) is 37.8 Å². The fourth-order valence-electron chi connectivity index (χ4n) is 2.68. The van der Waals surface area contributed by atoms with Gasteiger partial charge >= 0.3 is 0 Å². The maximum absolute atomic E-state index is 5.80. The fraction of sp³-hybridized carbons (Fsp3) is 0.571. The summed E-state index contributed by atoms with van der Waals surface area (Å²) in [7, 11) is 0. The molecule has 0 radical (unpaired) electrons. The summed E-state index contributed by atoms with van der Waals surface area (Å²) in [6.45, 7) is 8.01. The zero-order valence-corrected chi connectivity index (χ0v) is 10.5. The van der Waals surface area contributed by atoms with Crippen LogP contribution in [0.25, 0.3) is 0 Å². The number of aryl methyl sites for hydroxylation is 1. The minimum atomic E-state index is 0.635. The number of nitrogens with zero attached hydrogens (tertiary/aromatic N) is 1. The Kier molecular flexibility index (Phi) is 3.08. The number of rotatable bonds is 1. The second-order valence-corrected chi connectivity index (χ2v) is 5.10. The lowest BCUT2D eigenvalue weighted by atomic mass is 9.91. The van der Waals surface area contributed by atoms with Crippen molar-refractivity contribution in [1.29, 1.82) is 0 Å². The Morgan fingerprint density at radius 2 is 2.06 bits per heavy atom. The highest BCUT2D eigenvalue weighted by Crippen LogP contribution is 2.31. The van der Waals surface area contributed by atoms with Crippen LogP contribution in [0.15, 0.2) is 18.2 Å². The van der Waals surface area contributed by atoms with E-state index in [9.17, 15) is 0 Å². The summed E-state index contributed by atoms with van der Waals surface area (Å²) in [5, 5.41) is 0. The molecule has 0 bridgehead atoms.